The Morgan fingerprint density at radius 2 is 1.88 bits per heavy atom. The van der Waals surface area contributed by atoms with Gasteiger partial charge in [-0.1, -0.05) is 0 Å². The van der Waals surface area contributed by atoms with Gasteiger partial charge < -0.3 is 19.9 Å². The maximum Gasteiger partial charge on any atom is 0.245 e. The van der Waals surface area contributed by atoms with E-state index in [0.717, 1.165) is 45.3 Å². The molecule has 138 valence electrons. The third kappa shape index (κ3) is 4.83. The van der Waals surface area contributed by atoms with Gasteiger partial charge in [-0.15, -0.1) is 12.4 Å². The SMILES string of the molecule is Cl.O=C(C1CCCCN1C(=O)CCC1CCNC1)N1CCOCC1. The molecule has 0 spiro atoms. The summed E-state index contributed by atoms with van der Waals surface area (Å²) in [4.78, 5) is 29.2. The zero-order valence-corrected chi connectivity index (χ0v) is 15.2. The molecule has 0 radical (unpaired) electrons. The standard InChI is InChI=1S/C17H29N3O3.ClH/c21-16(5-4-14-6-7-18-13-14)20-8-2-1-3-15(20)17(22)19-9-11-23-12-10-19;/h14-15,18H,1-13H2;1H. The largest absolute Gasteiger partial charge is 0.378 e. The van der Waals surface area contributed by atoms with Crippen LogP contribution >= 0.6 is 12.4 Å². The van der Waals surface area contributed by atoms with Crippen LogP contribution in [0.4, 0.5) is 0 Å². The molecule has 3 aliphatic rings. The maximum atomic E-state index is 12.8. The van der Waals surface area contributed by atoms with Crippen molar-refractivity contribution in [2.24, 2.45) is 5.92 Å². The normalized spacial score (nSPS) is 27.7. The van der Waals surface area contributed by atoms with Gasteiger partial charge in [-0.2, -0.15) is 0 Å². The zero-order valence-electron chi connectivity index (χ0n) is 14.4. The van der Waals surface area contributed by atoms with Crippen molar-refractivity contribution >= 4 is 24.2 Å². The van der Waals surface area contributed by atoms with E-state index in [2.05, 4.69) is 5.32 Å². The molecule has 3 aliphatic heterocycles. The van der Waals surface area contributed by atoms with Gasteiger partial charge in [-0.25, -0.2) is 0 Å². The molecule has 0 aliphatic carbocycles. The van der Waals surface area contributed by atoms with Crippen LogP contribution in [0.3, 0.4) is 0 Å². The van der Waals surface area contributed by atoms with Gasteiger partial charge in [0.2, 0.25) is 11.8 Å². The highest BCUT2D eigenvalue weighted by Gasteiger charge is 2.35. The lowest BCUT2D eigenvalue weighted by molar-refractivity contribution is -0.150. The van der Waals surface area contributed by atoms with Crippen molar-refractivity contribution in [1.82, 2.24) is 15.1 Å². The first-order valence-electron chi connectivity index (χ1n) is 9.12. The smallest absolute Gasteiger partial charge is 0.245 e. The van der Waals surface area contributed by atoms with Gasteiger partial charge >= 0.3 is 0 Å². The number of morpholine rings is 1. The summed E-state index contributed by atoms with van der Waals surface area (Å²) in [5, 5.41) is 3.35. The van der Waals surface area contributed by atoms with Crippen molar-refractivity contribution in [3.63, 3.8) is 0 Å². The van der Waals surface area contributed by atoms with Crippen LogP contribution in [0.2, 0.25) is 0 Å². The molecule has 2 amide bonds. The van der Waals surface area contributed by atoms with Gasteiger partial charge in [-0.3, -0.25) is 9.59 Å². The predicted molar refractivity (Wildman–Crippen MR) is 94.2 cm³/mol. The Bertz CT molecular complexity index is 423. The van der Waals surface area contributed by atoms with Gasteiger partial charge in [0.25, 0.3) is 0 Å². The highest BCUT2D eigenvalue weighted by molar-refractivity contribution is 5.88. The third-order valence-corrected chi connectivity index (χ3v) is 5.36. The Morgan fingerprint density at radius 1 is 1.08 bits per heavy atom. The minimum Gasteiger partial charge on any atom is -0.378 e. The summed E-state index contributed by atoms with van der Waals surface area (Å²) in [5.74, 6) is 0.921. The van der Waals surface area contributed by atoms with E-state index in [4.69, 9.17) is 4.74 Å². The van der Waals surface area contributed by atoms with Crippen molar-refractivity contribution in [2.75, 3.05) is 45.9 Å². The average Bonchev–Trinajstić information content (AvgIpc) is 3.13. The molecule has 3 heterocycles. The van der Waals surface area contributed by atoms with Crippen LogP contribution in [0.5, 0.6) is 0 Å². The number of nitrogens with one attached hydrogen (secondary N) is 1. The lowest BCUT2D eigenvalue weighted by Crippen LogP contribution is -2.55. The number of halogens is 1. The maximum absolute atomic E-state index is 12.8. The molecule has 0 aromatic rings. The van der Waals surface area contributed by atoms with Crippen molar-refractivity contribution in [2.45, 2.75) is 44.6 Å². The number of amides is 2. The lowest BCUT2D eigenvalue weighted by atomic mass is 9.98. The Labute approximate surface area is 150 Å². The van der Waals surface area contributed by atoms with Crippen LogP contribution in [-0.4, -0.2) is 73.6 Å². The number of ether oxygens (including phenoxy) is 1. The molecule has 24 heavy (non-hydrogen) atoms. The number of rotatable bonds is 4. The quantitative estimate of drug-likeness (QED) is 0.814. The van der Waals surface area contributed by atoms with Gasteiger partial charge in [0, 0.05) is 26.1 Å². The monoisotopic (exact) mass is 359 g/mol. The molecule has 0 bridgehead atoms. The van der Waals surface area contributed by atoms with E-state index in [1.807, 2.05) is 9.80 Å². The minimum atomic E-state index is -0.240. The molecule has 3 rings (SSSR count). The summed E-state index contributed by atoms with van der Waals surface area (Å²) in [6.07, 6.45) is 5.57. The van der Waals surface area contributed by atoms with Gasteiger partial charge in [0.15, 0.2) is 0 Å². The second-order valence-electron chi connectivity index (χ2n) is 6.93. The highest BCUT2D eigenvalue weighted by Crippen LogP contribution is 2.22. The molecule has 2 atom stereocenters. The predicted octanol–water partition coefficient (Wildman–Crippen LogP) is 1.04. The van der Waals surface area contributed by atoms with Gasteiger partial charge in [0.1, 0.15) is 6.04 Å². The molecular weight excluding hydrogens is 330 g/mol. The second kappa shape index (κ2) is 9.59. The van der Waals surface area contributed by atoms with E-state index in [9.17, 15) is 9.59 Å². The number of likely N-dealkylation sites (tertiary alicyclic amines) is 1. The molecule has 1 N–H and O–H groups in total. The summed E-state index contributed by atoms with van der Waals surface area (Å²) in [6.45, 7) is 5.38. The first-order valence-corrected chi connectivity index (χ1v) is 9.12. The number of carbonyl (C=O) groups excluding carboxylic acids is 2. The van der Waals surface area contributed by atoms with Crippen LogP contribution in [0.25, 0.3) is 0 Å². The Kier molecular flexibility index (Phi) is 7.78. The summed E-state index contributed by atoms with van der Waals surface area (Å²) in [5.41, 5.74) is 0. The van der Waals surface area contributed by atoms with Crippen LogP contribution in [0.15, 0.2) is 0 Å². The van der Waals surface area contributed by atoms with E-state index >= 15 is 0 Å². The fourth-order valence-corrected chi connectivity index (χ4v) is 3.91. The van der Waals surface area contributed by atoms with E-state index in [1.54, 1.807) is 0 Å². The van der Waals surface area contributed by atoms with Gasteiger partial charge in [0.05, 0.1) is 13.2 Å². The van der Waals surface area contributed by atoms with Crippen molar-refractivity contribution in [1.29, 1.82) is 0 Å². The highest BCUT2D eigenvalue weighted by atomic mass is 35.5. The van der Waals surface area contributed by atoms with Crippen LogP contribution in [0.1, 0.15) is 38.5 Å². The molecule has 2 unspecified atom stereocenters. The lowest BCUT2D eigenvalue weighted by Gasteiger charge is -2.39. The van der Waals surface area contributed by atoms with Gasteiger partial charge in [-0.05, 0) is 51.1 Å². The van der Waals surface area contributed by atoms with E-state index < -0.39 is 0 Å². The van der Waals surface area contributed by atoms with Crippen molar-refractivity contribution < 1.29 is 14.3 Å². The number of carbonyl (C=O) groups is 2. The summed E-state index contributed by atoms with van der Waals surface area (Å²) >= 11 is 0. The van der Waals surface area contributed by atoms with Crippen molar-refractivity contribution in [3.8, 4) is 0 Å². The van der Waals surface area contributed by atoms with Crippen LogP contribution in [0, 0.1) is 5.92 Å². The molecule has 7 heteroatoms. The van der Waals surface area contributed by atoms with E-state index in [-0.39, 0.29) is 30.3 Å². The third-order valence-electron chi connectivity index (χ3n) is 5.36. The molecule has 3 fully saturated rings. The summed E-state index contributed by atoms with van der Waals surface area (Å²) in [6, 6.07) is -0.240. The first-order chi connectivity index (χ1) is 11.3. The van der Waals surface area contributed by atoms with E-state index in [1.165, 1.54) is 6.42 Å². The average molecular weight is 360 g/mol. The van der Waals surface area contributed by atoms with Crippen LogP contribution < -0.4 is 5.32 Å². The Balaban J connectivity index is 0.00000208. The molecule has 0 saturated carbocycles. The summed E-state index contributed by atoms with van der Waals surface area (Å²) in [7, 11) is 0. The molecular formula is C17H30ClN3O3. The second-order valence-corrected chi connectivity index (χ2v) is 6.93. The number of hydrogen-bond acceptors (Lipinski definition) is 4. The minimum absolute atomic E-state index is 0. The fourth-order valence-electron chi connectivity index (χ4n) is 3.91. The molecule has 6 nitrogen and oxygen atoms in total. The topological polar surface area (TPSA) is 61.9 Å². The van der Waals surface area contributed by atoms with Crippen LogP contribution in [-0.2, 0) is 14.3 Å². The Hall–Kier alpha value is -0.850. The van der Waals surface area contributed by atoms with Crippen molar-refractivity contribution in [3.05, 3.63) is 0 Å². The first kappa shape index (κ1) is 19.5. The molecule has 3 saturated heterocycles. The number of nitrogens with zero attached hydrogens (tertiary/aromatic N) is 2. The summed E-state index contributed by atoms with van der Waals surface area (Å²) < 4.78 is 5.33. The number of piperidine rings is 1. The number of hydrogen-bond donors (Lipinski definition) is 1. The molecule has 0 aromatic carbocycles. The Morgan fingerprint density at radius 3 is 2.58 bits per heavy atom. The van der Waals surface area contributed by atoms with E-state index in [0.29, 0.717) is 38.6 Å². The zero-order chi connectivity index (χ0) is 16.1. The fraction of sp³-hybridized carbons (Fsp3) is 0.882. The molecule has 0 aromatic heterocycles.